The van der Waals surface area contributed by atoms with Gasteiger partial charge in [-0.1, -0.05) is 0 Å². The van der Waals surface area contributed by atoms with Gasteiger partial charge in [0.15, 0.2) is 5.75 Å². The molecule has 0 fully saturated rings. The lowest BCUT2D eigenvalue weighted by Gasteiger charge is -2.12. The topological polar surface area (TPSA) is 22.1 Å². The lowest BCUT2D eigenvalue weighted by Crippen LogP contribution is -2.18. The average molecular weight is 335 g/mol. The smallest absolute Gasteiger partial charge is 0.404 e. The second-order valence-electron chi connectivity index (χ2n) is 2.69. The van der Waals surface area contributed by atoms with Gasteiger partial charge in [-0.3, -0.25) is 4.98 Å². The van der Waals surface area contributed by atoms with Crippen molar-refractivity contribution in [3.63, 3.8) is 0 Å². The number of ether oxygens (including phenoxy) is 1. The van der Waals surface area contributed by atoms with E-state index in [0.717, 1.165) is 6.20 Å². The van der Waals surface area contributed by atoms with Crippen LogP contribution >= 0.6 is 22.6 Å². The van der Waals surface area contributed by atoms with Crippen LogP contribution in [-0.2, 0) is 6.67 Å². The zero-order chi connectivity index (χ0) is 11.6. The van der Waals surface area contributed by atoms with Gasteiger partial charge < -0.3 is 4.74 Å². The van der Waals surface area contributed by atoms with Crippen LogP contribution in [0.2, 0.25) is 0 Å². The van der Waals surface area contributed by atoms with Gasteiger partial charge in [0, 0.05) is 9.13 Å². The molecule has 1 heterocycles. The van der Waals surface area contributed by atoms with Gasteiger partial charge in [0.25, 0.3) is 0 Å². The van der Waals surface area contributed by atoms with Crippen molar-refractivity contribution in [3.8, 4) is 5.75 Å². The maximum atomic E-state index is 12.3. The summed E-state index contributed by atoms with van der Waals surface area (Å²) in [7, 11) is 0. The Bertz CT molecular complexity index is 366. The summed E-state index contributed by atoms with van der Waals surface area (Å²) in [4.78, 5) is 3.53. The van der Waals surface area contributed by atoms with E-state index in [1.165, 1.54) is 6.92 Å². The quantitative estimate of drug-likeness (QED) is 0.611. The average Bonchev–Trinajstić information content (AvgIpc) is 2.11. The summed E-state index contributed by atoms with van der Waals surface area (Å²) in [6.45, 7) is 0.606. The zero-order valence-electron chi connectivity index (χ0n) is 7.53. The summed E-state index contributed by atoms with van der Waals surface area (Å²) in [5, 5.41) is 0. The van der Waals surface area contributed by atoms with Crippen molar-refractivity contribution in [2.75, 3.05) is 0 Å². The van der Waals surface area contributed by atoms with E-state index in [0.29, 0.717) is 3.57 Å². The van der Waals surface area contributed by atoms with E-state index in [9.17, 15) is 17.6 Å². The highest BCUT2D eigenvalue weighted by Gasteiger charge is 2.32. The molecule has 0 N–H and O–H groups in total. The van der Waals surface area contributed by atoms with Crippen LogP contribution in [0.1, 0.15) is 11.3 Å². The number of aromatic nitrogens is 1. The molecule has 0 atom stereocenters. The normalized spacial score (nSPS) is 11.6. The molecule has 84 valence electrons. The minimum absolute atomic E-state index is 0.114. The molecule has 15 heavy (non-hydrogen) atoms. The number of alkyl halides is 4. The first-order valence-electron chi connectivity index (χ1n) is 3.81. The Balaban J connectivity index is 3.07. The van der Waals surface area contributed by atoms with Crippen LogP contribution in [0.25, 0.3) is 0 Å². The van der Waals surface area contributed by atoms with Crippen LogP contribution in [0.3, 0.4) is 0 Å². The fourth-order valence-electron chi connectivity index (χ4n) is 0.935. The Morgan fingerprint density at radius 3 is 2.53 bits per heavy atom. The fourth-order valence-corrected chi connectivity index (χ4v) is 1.48. The minimum Gasteiger partial charge on any atom is -0.404 e. The van der Waals surface area contributed by atoms with Gasteiger partial charge in [0.05, 0.1) is 11.9 Å². The van der Waals surface area contributed by atoms with Crippen molar-refractivity contribution >= 4 is 22.6 Å². The molecule has 0 radical (unpaired) electrons. The Labute approximate surface area is 96.8 Å². The van der Waals surface area contributed by atoms with Crippen LogP contribution in [-0.4, -0.2) is 11.3 Å². The Kier molecular flexibility index (Phi) is 3.74. The maximum absolute atomic E-state index is 12.3. The summed E-state index contributed by atoms with van der Waals surface area (Å²) in [6, 6.07) is 0. The first-order valence-corrected chi connectivity index (χ1v) is 4.88. The molecule has 0 unspecified atom stereocenters. The summed E-state index contributed by atoms with van der Waals surface area (Å²) in [6.07, 6.45) is -3.88. The van der Waals surface area contributed by atoms with Crippen LogP contribution in [0.5, 0.6) is 5.75 Å². The van der Waals surface area contributed by atoms with Gasteiger partial charge in [0.2, 0.25) is 0 Å². The van der Waals surface area contributed by atoms with Gasteiger partial charge >= 0.3 is 6.36 Å². The SMILES string of the molecule is Cc1c(OC(F)(F)F)cnc(CF)c1I. The zero-order valence-corrected chi connectivity index (χ0v) is 9.69. The van der Waals surface area contributed by atoms with Crippen LogP contribution in [0.15, 0.2) is 6.20 Å². The first kappa shape index (κ1) is 12.5. The van der Waals surface area contributed by atoms with Crippen molar-refractivity contribution in [1.29, 1.82) is 0 Å². The van der Waals surface area contributed by atoms with Gasteiger partial charge in [-0.15, -0.1) is 13.2 Å². The molecule has 0 saturated carbocycles. The maximum Gasteiger partial charge on any atom is 0.573 e. The van der Waals surface area contributed by atoms with E-state index in [1.54, 1.807) is 22.6 Å². The molecular weight excluding hydrogens is 329 g/mol. The number of hydrogen-bond donors (Lipinski definition) is 0. The lowest BCUT2D eigenvalue weighted by molar-refractivity contribution is -0.275. The van der Waals surface area contributed by atoms with E-state index in [1.807, 2.05) is 0 Å². The molecular formula is C8H6F4INO. The lowest BCUT2D eigenvalue weighted by atomic mass is 10.2. The molecule has 0 saturated heterocycles. The molecule has 1 aromatic heterocycles. The molecule has 0 aromatic carbocycles. The highest BCUT2D eigenvalue weighted by atomic mass is 127. The molecule has 0 spiro atoms. The van der Waals surface area contributed by atoms with Crippen molar-refractivity contribution in [3.05, 3.63) is 21.0 Å². The molecule has 0 aliphatic heterocycles. The summed E-state index contributed by atoms with van der Waals surface area (Å²) in [5.41, 5.74) is 0.346. The predicted octanol–water partition coefficient (Wildman–Crippen LogP) is 3.36. The number of pyridine rings is 1. The second kappa shape index (κ2) is 4.50. The standard InChI is InChI=1S/C8H6F4INO/c1-4-6(15-8(10,11)12)3-14-5(2-9)7(4)13/h3H,2H2,1H3. The van der Waals surface area contributed by atoms with E-state index in [2.05, 4.69) is 9.72 Å². The fraction of sp³-hybridized carbons (Fsp3) is 0.375. The monoisotopic (exact) mass is 335 g/mol. The van der Waals surface area contributed by atoms with Gasteiger partial charge in [0.1, 0.15) is 6.67 Å². The highest BCUT2D eigenvalue weighted by Crippen LogP contribution is 2.29. The Hall–Kier alpha value is -0.600. The summed E-state index contributed by atoms with van der Waals surface area (Å²) in [5.74, 6) is -0.399. The van der Waals surface area contributed by atoms with E-state index >= 15 is 0 Å². The van der Waals surface area contributed by atoms with Crippen LogP contribution < -0.4 is 4.74 Å². The van der Waals surface area contributed by atoms with Gasteiger partial charge in [-0.25, -0.2) is 4.39 Å². The van der Waals surface area contributed by atoms with Crippen molar-refractivity contribution in [2.45, 2.75) is 20.0 Å². The number of hydrogen-bond acceptors (Lipinski definition) is 2. The molecule has 0 aliphatic carbocycles. The second-order valence-corrected chi connectivity index (χ2v) is 3.77. The minimum atomic E-state index is -4.76. The van der Waals surface area contributed by atoms with E-state index in [4.69, 9.17) is 0 Å². The molecule has 2 nitrogen and oxygen atoms in total. The number of halogens is 5. The van der Waals surface area contributed by atoms with Gasteiger partial charge in [-0.05, 0) is 29.5 Å². The molecule has 0 amide bonds. The number of nitrogens with zero attached hydrogens (tertiary/aromatic N) is 1. The number of rotatable bonds is 2. The molecule has 7 heteroatoms. The van der Waals surface area contributed by atoms with E-state index < -0.39 is 18.8 Å². The molecule has 1 rings (SSSR count). The Morgan fingerprint density at radius 1 is 1.47 bits per heavy atom. The van der Waals surface area contributed by atoms with E-state index in [-0.39, 0.29) is 11.3 Å². The van der Waals surface area contributed by atoms with Gasteiger partial charge in [-0.2, -0.15) is 0 Å². The van der Waals surface area contributed by atoms with Crippen molar-refractivity contribution < 1.29 is 22.3 Å². The van der Waals surface area contributed by atoms with Crippen LogP contribution in [0.4, 0.5) is 17.6 Å². The largest absolute Gasteiger partial charge is 0.573 e. The molecule has 0 bridgehead atoms. The third-order valence-electron chi connectivity index (χ3n) is 1.64. The predicted molar refractivity (Wildman–Crippen MR) is 53.2 cm³/mol. The summed E-state index contributed by atoms with van der Waals surface area (Å²) >= 11 is 1.73. The Morgan fingerprint density at radius 2 is 2.07 bits per heavy atom. The first-order chi connectivity index (χ1) is 6.85. The highest BCUT2D eigenvalue weighted by molar-refractivity contribution is 14.1. The molecule has 1 aromatic rings. The third kappa shape index (κ3) is 3.18. The summed E-state index contributed by atoms with van der Waals surface area (Å²) < 4.78 is 52.1. The molecule has 0 aliphatic rings. The van der Waals surface area contributed by atoms with Crippen molar-refractivity contribution in [2.24, 2.45) is 0 Å². The third-order valence-corrected chi connectivity index (χ3v) is 3.07. The van der Waals surface area contributed by atoms with Crippen molar-refractivity contribution in [1.82, 2.24) is 4.98 Å². The van der Waals surface area contributed by atoms with Crippen LogP contribution in [0, 0.1) is 10.5 Å².